The van der Waals surface area contributed by atoms with Crippen LogP contribution in [0, 0.1) is 0 Å². The first kappa shape index (κ1) is 16.3. The van der Waals surface area contributed by atoms with Crippen LogP contribution < -0.4 is 5.32 Å². The zero-order valence-corrected chi connectivity index (χ0v) is 13.9. The number of carbonyl (C=O) groups excluding carboxylic acids is 1. The predicted octanol–water partition coefficient (Wildman–Crippen LogP) is 5.77. The van der Waals surface area contributed by atoms with Gasteiger partial charge in [0.05, 0.1) is 16.8 Å². The third-order valence-electron chi connectivity index (χ3n) is 3.89. The Labute approximate surface area is 147 Å². The topological polar surface area (TPSA) is 29.1 Å². The van der Waals surface area contributed by atoms with E-state index in [1.54, 1.807) is 0 Å². The molecule has 0 amide bonds. The van der Waals surface area contributed by atoms with Crippen molar-refractivity contribution in [2.75, 3.05) is 5.32 Å². The van der Waals surface area contributed by atoms with Gasteiger partial charge < -0.3 is 5.32 Å². The molecule has 3 rings (SSSR count). The average Bonchev–Trinajstić information content (AvgIpc) is 2.64. The van der Waals surface area contributed by atoms with Crippen molar-refractivity contribution in [3.05, 3.63) is 101 Å². The molecule has 1 atom stereocenters. The van der Waals surface area contributed by atoms with Crippen LogP contribution in [0.4, 0.5) is 5.69 Å². The van der Waals surface area contributed by atoms with Crippen LogP contribution in [0.1, 0.15) is 28.4 Å². The van der Waals surface area contributed by atoms with Gasteiger partial charge in [0.1, 0.15) is 0 Å². The minimum atomic E-state index is -0.140. The fraction of sp³-hybridized carbons (Fsp3) is 0.0952. The van der Waals surface area contributed by atoms with Crippen molar-refractivity contribution in [2.24, 2.45) is 0 Å². The van der Waals surface area contributed by atoms with Crippen LogP contribution in [0.15, 0.2) is 84.9 Å². The molecule has 0 aliphatic heterocycles. The summed E-state index contributed by atoms with van der Waals surface area (Å²) < 4.78 is 0. The van der Waals surface area contributed by atoms with Crippen molar-refractivity contribution in [3.63, 3.8) is 0 Å². The molecule has 0 fully saturated rings. The normalized spacial score (nSPS) is 11.7. The number of nitrogens with one attached hydrogen (secondary N) is 1. The van der Waals surface area contributed by atoms with Crippen LogP contribution >= 0.6 is 11.6 Å². The van der Waals surface area contributed by atoms with E-state index in [4.69, 9.17) is 11.6 Å². The first-order chi connectivity index (χ1) is 11.7. The standard InChI is InChI=1S/C21H18ClNO/c22-18-13-7-8-14-19(18)23-20(16-9-3-1-4-10-16)15-21(24)17-11-5-2-6-12-17/h1-14,20,23H,15H2. The molecule has 0 saturated heterocycles. The van der Waals surface area contributed by atoms with Crippen molar-refractivity contribution in [3.8, 4) is 0 Å². The largest absolute Gasteiger partial charge is 0.377 e. The number of carbonyl (C=O) groups is 1. The highest BCUT2D eigenvalue weighted by Gasteiger charge is 2.18. The molecule has 1 unspecified atom stereocenters. The number of halogens is 1. The van der Waals surface area contributed by atoms with Gasteiger partial charge in [-0.15, -0.1) is 0 Å². The summed E-state index contributed by atoms with van der Waals surface area (Å²) in [5.74, 6) is 0.101. The molecule has 120 valence electrons. The molecule has 0 aliphatic rings. The summed E-state index contributed by atoms with van der Waals surface area (Å²) in [4.78, 5) is 12.6. The van der Waals surface area contributed by atoms with E-state index < -0.39 is 0 Å². The highest BCUT2D eigenvalue weighted by Crippen LogP contribution is 2.28. The third kappa shape index (κ3) is 4.03. The maximum absolute atomic E-state index is 12.6. The highest BCUT2D eigenvalue weighted by molar-refractivity contribution is 6.33. The fourth-order valence-corrected chi connectivity index (χ4v) is 2.82. The zero-order chi connectivity index (χ0) is 16.8. The van der Waals surface area contributed by atoms with E-state index in [-0.39, 0.29) is 11.8 Å². The summed E-state index contributed by atoms with van der Waals surface area (Å²) in [6.07, 6.45) is 0.360. The van der Waals surface area contributed by atoms with E-state index in [1.165, 1.54) is 0 Å². The van der Waals surface area contributed by atoms with E-state index >= 15 is 0 Å². The van der Waals surface area contributed by atoms with Crippen LogP contribution in [-0.2, 0) is 0 Å². The molecule has 24 heavy (non-hydrogen) atoms. The molecule has 0 radical (unpaired) electrons. The second-order valence-corrected chi connectivity index (χ2v) is 5.99. The lowest BCUT2D eigenvalue weighted by Gasteiger charge is -2.21. The maximum atomic E-state index is 12.6. The molecule has 0 saturated carbocycles. The lowest BCUT2D eigenvalue weighted by molar-refractivity contribution is 0.0976. The Balaban J connectivity index is 1.86. The first-order valence-electron chi connectivity index (χ1n) is 7.88. The molecular weight excluding hydrogens is 318 g/mol. The van der Waals surface area contributed by atoms with Crippen molar-refractivity contribution >= 4 is 23.1 Å². The molecule has 3 aromatic carbocycles. The summed E-state index contributed by atoms with van der Waals surface area (Å²) in [5.41, 5.74) is 2.61. The molecule has 0 aromatic heterocycles. The van der Waals surface area contributed by atoms with Crippen molar-refractivity contribution in [1.82, 2.24) is 0 Å². The Morgan fingerprint density at radius 3 is 2.08 bits per heavy atom. The highest BCUT2D eigenvalue weighted by atomic mass is 35.5. The quantitative estimate of drug-likeness (QED) is 0.580. The Hall–Kier alpha value is -2.58. The first-order valence-corrected chi connectivity index (χ1v) is 8.26. The van der Waals surface area contributed by atoms with Gasteiger partial charge in [-0.3, -0.25) is 4.79 Å². The molecule has 1 N–H and O–H groups in total. The number of para-hydroxylation sites is 1. The average molecular weight is 336 g/mol. The number of anilines is 1. The van der Waals surface area contributed by atoms with Gasteiger partial charge in [0.15, 0.2) is 5.78 Å². The Kier molecular flexibility index (Phi) is 5.29. The van der Waals surface area contributed by atoms with Gasteiger partial charge in [-0.25, -0.2) is 0 Å². The lowest BCUT2D eigenvalue weighted by atomic mass is 9.97. The van der Waals surface area contributed by atoms with Crippen LogP contribution in [0.25, 0.3) is 0 Å². The third-order valence-corrected chi connectivity index (χ3v) is 4.22. The molecule has 0 heterocycles. The molecule has 3 aromatic rings. The monoisotopic (exact) mass is 335 g/mol. The van der Waals surface area contributed by atoms with Gasteiger partial charge in [-0.2, -0.15) is 0 Å². The number of Topliss-reactive ketones (excluding diaryl/α,β-unsaturated/α-hetero) is 1. The SMILES string of the molecule is O=C(CC(Nc1ccccc1Cl)c1ccccc1)c1ccccc1. The van der Waals surface area contributed by atoms with Crippen LogP contribution in [0.5, 0.6) is 0 Å². The van der Waals surface area contributed by atoms with E-state index in [0.29, 0.717) is 11.4 Å². The molecule has 3 heteroatoms. The summed E-state index contributed by atoms with van der Waals surface area (Å²) in [7, 11) is 0. The summed E-state index contributed by atoms with van der Waals surface area (Å²) >= 11 is 6.26. The maximum Gasteiger partial charge on any atom is 0.165 e. The van der Waals surface area contributed by atoms with Crippen LogP contribution in [0.2, 0.25) is 5.02 Å². The molecule has 0 spiro atoms. The molecule has 2 nitrogen and oxygen atoms in total. The van der Waals surface area contributed by atoms with Crippen molar-refractivity contribution < 1.29 is 4.79 Å². The number of rotatable bonds is 6. The van der Waals surface area contributed by atoms with Crippen molar-refractivity contribution in [2.45, 2.75) is 12.5 Å². The van der Waals surface area contributed by atoms with Gasteiger partial charge in [0.25, 0.3) is 0 Å². The minimum Gasteiger partial charge on any atom is -0.377 e. The Bertz CT molecular complexity index is 802. The smallest absolute Gasteiger partial charge is 0.165 e. The molecule has 0 aliphatic carbocycles. The number of hydrogen-bond acceptors (Lipinski definition) is 2. The van der Waals surface area contributed by atoms with E-state index in [2.05, 4.69) is 5.32 Å². The van der Waals surface area contributed by atoms with E-state index in [9.17, 15) is 4.79 Å². The van der Waals surface area contributed by atoms with Gasteiger partial charge in [0.2, 0.25) is 0 Å². The fourth-order valence-electron chi connectivity index (χ4n) is 2.63. The van der Waals surface area contributed by atoms with E-state index in [1.807, 2.05) is 84.9 Å². The minimum absolute atomic E-state index is 0.101. The van der Waals surface area contributed by atoms with Gasteiger partial charge >= 0.3 is 0 Å². The number of ketones is 1. The zero-order valence-electron chi connectivity index (χ0n) is 13.2. The number of benzene rings is 3. The Morgan fingerprint density at radius 2 is 1.42 bits per heavy atom. The van der Waals surface area contributed by atoms with Crippen LogP contribution in [0.3, 0.4) is 0 Å². The van der Waals surface area contributed by atoms with Gasteiger partial charge in [-0.1, -0.05) is 84.4 Å². The Morgan fingerprint density at radius 1 is 0.833 bits per heavy atom. The number of hydrogen-bond donors (Lipinski definition) is 1. The van der Waals surface area contributed by atoms with Crippen molar-refractivity contribution in [1.29, 1.82) is 0 Å². The lowest BCUT2D eigenvalue weighted by Crippen LogP contribution is -2.16. The second-order valence-electron chi connectivity index (χ2n) is 5.58. The van der Waals surface area contributed by atoms with Gasteiger partial charge in [-0.05, 0) is 17.7 Å². The summed E-state index contributed by atoms with van der Waals surface area (Å²) in [6.45, 7) is 0. The van der Waals surface area contributed by atoms with Crippen LogP contribution in [-0.4, -0.2) is 5.78 Å². The summed E-state index contributed by atoms with van der Waals surface area (Å²) in [5, 5.41) is 4.06. The second kappa shape index (κ2) is 7.80. The predicted molar refractivity (Wildman–Crippen MR) is 99.6 cm³/mol. The molecular formula is C21H18ClNO. The van der Waals surface area contributed by atoms with E-state index in [0.717, 1.165) is 16.8 Å². The molecule has 0 bridgehead atoms. The van der Waals surface area contributed by atoms with Gasteiger partial charge in [0, 0.05) is 12.0 Å². The summed E-state index contributed by atoms with van der Waals surface area (Å²) in [6, 6.07) is 26.8.